The molecule has 1 aliphatic rings. The number of rotatable bonds is 2. The molecule has 0 aliphatic carbocycles. The van der Waals surface area contributed by atoms with E-state index in [2.05, 4.69) is 31.9 Å². The van der Waals surface area contributed by atoms with E-state index >= 15 is 0 Å². The van der Waals surface area contributed by atoms with Gasteiger partial charge in [-0.15, -0.1) is 0 Å². The summed E-state index contributed by atoms with van der Waals surface area (Å²) in [7, 11) is 3.02. The van der Waals surface area contributed by atoms with E-state index in [9.17, 15) is 9.59 Å². The monoisotopic (exact) mass is 405 g/mol. The number of carbonyl (C=O) groups is 2. The molecule has 1 heterocycles. The SMILES string of the molecule is COc1c(Br)cc(Br)cc1/C=C1/SC(=O)N(C)C1=O. The first-order valence-electron chi connectivity index (χ1n) is 5.18. The number of halogens is 2. The summed E-state index contributed by atoms with van der Waals surface area (Å²) in [5, 5.41) is -0.274. The second-order valence-corrected chi connectivity index (χ2v) is 6.51. The van der Waals surface area contributed by atoms with Crippen molar-refractivity contribution in [3.8, 4) is 5.75 Å². The van der Waals surface area contributed by atoms with Crippen LogP contribution in [0, 0.1) is 0 Å². The number of amides is 2. The molecule has 0 spiro atoms. The van der Waals surface area contributed by atoms with Crippen LogP contribution < -0.4 is 4.74 Å². The maximum atomic E-state index is 11.8. The first-order chi connectivity index (χ1) is 8.93. The molecule has 0 unspecified atom stereocenters. The van der Waals surface area contributed by atoms with Crippen LogP contribution in [-0.4, -0.2) is 30.2 Å². The van der Waals surface area contributed by atoms with E-state index in [1.807, 2.05) is 12.1 Å². The number of carbonyl (C=O) groups excluding carboxylic acids is 2. The van der Waals surface area contributed by atoms with Crippen molar-refractivity contribution in [2.24, 2.45) is 0 Å². The summed E-state index contributed by atoms with van der Waals surface area (Å²) in [6.45, 7) is 0. The van der Waals surface area contributed by atoms with Crippen molar-refractivity contribution in [1.82, 2.24) is 4.90 Å². The molecule has 0 atom stereocenters. The summed E-state index contributed by atoms with van der Waals surface area (Å²) in [5.41, 5.74) is 0.725. The Hall–Kier alpha value is -0.790. The van der Waals surface area contributed by atoms with Gasteiger partial charge in [-0.3, -0.25) is 14.5 Å². The number of methoxy groups -OCH3 is 1. The van der Waals surface area contributed by atoms with Crippen molar-refractivity contribution >= 4 is 60.8 Å². The maximum absolute atomic E-state index is 11.8. The molecule has 0 bridgehead atoms. The van der Waals surface area contributed by atoms with Crippen LogP contribution in [0.25, 0.3) is 6.08 Å². The zero-order chi connectivity index (χ0) is 14.2. The second-order valence-electron chi connectivity index (χ2n) is 3.75. The summed E-state index contributed by atoms with van der Waals surface area (Å²) < 4.78 is 6.92. The van der Waals surface area contributed by atoms with E-state index in [4.69, 9.17) is 4.74 Å². The number of imide groups is 1. The number of ether oxygens (including phenoxy) is 1. The molecule has 1 aliphatic heterocycles. The fourth-order valence-electron chi connectivity index (χ4n) is 1.59. The fraction of sp³-hybridized carbons (Fsp3) is 0.167. The first kappa shape index (κ1) is 14.6. The van der Waals surface area contributed by atoms with Crippen molar-refractivity contribution in [2.75, 3.05) is 14.2 Å². The molecule has 100 valence electrons. The predicted octanol–water partition coefficient (Wildman–Crippen LogP) is 3.89. The Morgan fingerprint density at radius 3 is 2.53 bits per heavy atom. The van der Waals surface area contributed by atoms with E-state index in [1.54, 1.807) is 13.2 Å². The van der Waals surface area contributed by atoms with Crippen LogP contribution in [0.3, 0.4) is 0 Å². The quantitative estimate of drug-likeness (QED) is 0.699. The van der Waals surface area contributed by atoms with Gasteiger partial charge in [-0.2, -0.15) is 0 Å². The van der Waals surface area contributed by atoms with Crippen molar-refractivity contribution in [3.63, 3.8) is 0 Å². The minimum atomic E-state index is -0.298. The third-order valence-electron chi connectivity index (χ3n) is 2.51. The van der Waals surface area contributed by atoms with Crippen LogP contribution in [0.4, 0.5) is 4.79 Å². The highest BCUT2D eigenvalue weighted by molar-refractivity contribution is 9.11. The standard InChI is InChI=1S/C12H9Br2NO3S/c1-15-11(16)9(19-12(15)17)4-6-3-7(13)5-8(14)10(6)18-2/h3-5H,1-2H3/b9-4+. The van der Waals surface area contributed by atoms with Crippen LogP contribution in [0.5, 0.6) is 5.75 Å². The highest BCUT2D eigenvalue weighted by Crippen LogP contribution is 2.37. The lowest BCUT2D eigenvalue weighted by Gasteiger charge is -2.08. The van der Waals surface area contributed by atoms with Gasteiger partial charge in [-0.05, 0) is 45.9 Å². The Balaban J connectivity index is 2.49. The zero-order valence-corrected chi connectivity index (χ0v) is 14.1. The van der Waals surface area contributed by atoms with Gasteiger partial charge in [0.25, 0.3) is 11.1 Å². The van der Waals surface area contributed by atoms with Gasteiger partial charge in [0.2, 0.25) is 0 Å². The number of hydrogen-bond acceptors (Lipinski definition) is 4. The molecule has 4 nitrogen and oxygen atoms in total. The Bertz CT molecular complexity index is 601. The Kier molecular flexibility index (Phi) is 4.37. The lowest BCUT2D eigenvalue weighted by atomic mass is 10.2. The highest BCUT2D eigenvalue weighted by Gasteiger charge is 2.32. The fourth-order valence-corrected chi connectivity index (χ4v) is 3.83. The highest BCUT2D eigenvalue weighted by atomic mass is 79.9. The minimum Gasteiger partial charge on any atom is -0.495 e. The molecule has 1 aromatic carbocycles. The van der Waals surface area contributed by atoms with Crippen LogP contribution in [0.2, 0.25) is 0 Å². The molecule has 0 N–H and O–H groups in total. The molecule has 1 saturated heterocycles. The molecular weight excluding hydrogens is 398 g/mol. The third-order valence-corrected chi connectivity index (χ3v) is 4.52. The summed E-state index contributed by atoms with van der Waals surface area (Å²) in [5.74, 6) is 0.319. The van der Waals surface area contributed by atoms with Gasteiger partial charge < -0.3 is 4.74 Å². The average Bonchev–Trinajstić information content (AvgIpc) is 2.57. The first-order valence-corrected chi connectivity index (χ1v) is 7.59. The second kappa shape index (κ2) is 5.68. The third kappa shape index (κ3) is 2.88. The van der Waals surface area contributed by atoms with Crippen molar-refractivity contribution < 1.29 is 14.3 Å². The van der Waals surface area contributed by atoms with Gasteiger partial charge in [-0.1, -0.05) is 15.9 Å². The molecule has 7 heteroatoms. The number of likely N-dealkylation sites (N-methyl/N-ethyl adjacent to an activating group) is 1. The van der Waals surface area contributed by atoms with E-state index in [0.29, 0.717) is 10.7 Å². The summed E-state index contributed by atoms with van der Waals surface area (Å²) in [4.78, 5) is 24.8. The van der Waals surface area contributed by atoms with Crippen LogP contribution in [0.1, 0.15) is 5.56 Å². The van der Waals surface area contributed by atoms with E-state index in [1.165, 1.54) is 7.05 Å². The largest absolute Gasteiger partial charge is 0.495 e. The van der Waals surface area contributed by atoms with E-state index in [0.717, 1.165) is 31.2 Å². The number of hydrogen-bond donors (Lipinski definition) is 0. The van der Waals surface area contributed by atoms with E-state index in [-0.39, 0.29) is 11.1 Å². The molecule has 0 radical (unpaired) electrons. The average molecular weight is 407 g/mol. The van der Waals surface area contributed by atoms with Gasteiger partial charge in [0.15, 0.2) is 0 Å². The number of nitrogens with zero attached hydrogens (tertiary/aromatic N) is 1. The Morgan fingerprint density at radius 2 is 2.00 bits per heavy atom. The number of benzene rings is 1. The molecular formula is C12H9Br2NO3S. The maximum Gasteiger partial charge on any atom is 0.293 e. The normalized spacial score (nSPS) is 17.5. The molecule has 0 saturated carbocycles. The van der Waals surface area contributed by atoms with Crippen LogP contribution >= 0.6 is 43.6 Å². The summed E-state index contributed by atoms with van der Waals surface area (Å²) in [6.07, 6.45) is 1.66. The van der Waals surface area contributed by atoms with Crippen molar-refractivity contribution in [1.29, 1.82) is 0 Å². The van der Waals surface area contributed by atoms with E-state index < -0.39 is 0 Å². The zero-order valence-electron chi connectivity index (χ0n) is 10.1. The van der Waals surface area contributed by atoms with Gasteiger partial charge in [0, 0.05) is 17.1 Å². The molecule has 1 aromatic rings. The van der Waals surface area contributed by atoms with Gasteiger partial charge in [0.05, 0.1) is 16.5 Å². The van der Waals surface area contributed by atoms with Gasteiger partial charge >= 0.3 is 0 Å². The number of thioether (sulfide) groups is 1. The summed E-state index contributed by atoms with van der Waals surface area (Å²) >= 11 is 7.69. The van der Waals surface area contributed by atoms with Crippen LogP contribution in [-0.2, 0) is 4.79 Å². The summed E-state index contributed by atoms with van der Waals surface area (Å²) in [6, 6.07) is 3.68. The molecule has 2 rings (SSSR count). The lowest BCUT2D eigenvalue weighted by Crippen LogP contribution is -2.22. The minimum absolute atomic E-state index is 0.274. The molecule has 0 aromatic heterocycles. The van der Waals surface area contributed by atoms with Gasteiger partial charge in [0.1, 0.15) is 5.75 Å². The Labute approximate surface area is 131 Å². The topological polar surface area (TPSA) is 46.6 Å². The molecule has 2 amide bonds. The van der Waals surface area contributed by atoms with Crippen LogP contribution in [0.15, 0.2) is 26.0 Å². The molecule has 19 heavy (non-hydrogen) atoms. The van der Waals surface area contributed by atoms with Gasteiger partial charge in [-0.25, -0.2) is 0 Å². The Morgan fingerprint density at radius 1 is 1.32 bits per heavy atom. The molecule has 1 fully saturated rings. The van der Waals surface area contributed by atoms with Crippen molar-refractivity contribution in [2.45, 2.75) is 0 Å². The lowest BCUT2D eigenvalue weighted by molar-refractivity contribution is -0.121. The van der Waals surface area contributed by atoms with Crippen molar-refractivity contribution in [3.05, 3.63) is 31.5 Å². The predicted molar refractivity (Wildman–Crippen MR) is 82.1 cm³/mol. The smallest absolute Gasteiger partial charge is 0.293 e.